The molecular formula is C18H16ClN3O. The molecule has 0 aliphatic rings. The third-order valence-electron chi connectivity index (χ3n) is 3.42. The van der Waals surface area contributed by atoms with E-state index < -0.39 is 0 Å². The minimum Gasteiger partial charge on any atom is -0.324 e. The van der Waals surface area contributed by atoms with Crippen LogP contribution in [0.15, 0.2) is 60.9 Å². The summed E-state index contributed by atoms with van der Waals surface area (Å²) in [4.78, 5) is 12.2. The van der Waals surface area contributed by atoms with E-state index in [0.717, 1.165) is 16.8 Å². The second kappa shape index (κ2) is 6.67. The molecule has 1 aromatic heterocycles. The van der Waals surface area contributed by atoms with E-state index in [4.69, 9.17) is 11.6 Å². The number of aryl methyl sites for hydroxylation is 1. The molecule has 3 aromatic rings. The van der Waals surface area contributed by atoms with Gasteiger partial charge in [0.1, 0.15) is 0 Å². The molecule has 4 nitrogen and oxygen atoms in total. The Morgan fingerprint density at radius 3 is 2.74 bits per heavy atom. The van der Waals surface area contributed by atoms with E-state index in [1.54, 1.807) is 10.9 Å². The molecule has 0 aliphatic heterocycles. The van der Waals surface area contributed by atoms with Crippen molar-refractivity contribution in [2.75, 3.05) is 5.32 Å². The zero-order valence-corrected chi connectivity index (χ0v) is 13.4. The zero-order valence-electron chi connectivity index (χ0n) is 12.7. The smallest absolute Gasteiger partial charge is 0.228 e. The standard InChI is InChI=1S/C18H16ClN3O/c1-13-7-8-17(16(19)9-13)21-18(23)10-14-11-20-22(12-14)15-5-3-2-4-6-15/h2-9,11-12H,10H2,1H3,(H,21,23). The van der Waals surface area contributed by atoms with E-state index in [9.17, 15) is 4.79 Å². The van der Waals surface area contributed by atoms with Gasteiger partial charge in [0.15, 0.2) is 0 Å². The van der Waals surface area contributed by atoms with Crippen molar-refractivity contribution >= 4 is 23.2 Å². The van der Waals surface area contributed by atoms with Crippen molar-refractivity contribution < 1.29 is 4.79 Å². The molecule has 0 fully saturated rings. The Kier molecular flexibility index (Phi) is 4.44. The lowest BCUT2D eigenvalue weighted by Gasteiger charge is -2.07. The molecule has 0 bridgehead atoms. The molecule has 0 unspecified atom stereocenters. The Balaban J connectivity index is 1.68. The summed E-state index contributed by atoms with van der Waals surface area (Å²) >= 11 is 6.13. The van der Waals surface area contributed by atoms with E-state index in [2.05, 4.69) is 10.4 Å². The molecule has 5 heteroatoms. The minimum absolute atomic E-state index is 0.122. The molecule has 1 amide bonds. The van der Waals surface area contributed by atoms with Gasteiger partial charge in [-0.15, -0.1) is 0 Å². The first kappa shape index (κ1) is 15.3. The first-order valence-corrected chi connectivity index (χ1v) is 7.64. The quantitative estimate of drug-likeness (QED) is 0.787. The van der Waals surface area contributed by atoms with Crippen LogP contribution in [0.25, 0.3) is 5.69 Å². The summed E-state index contributed by atoms with van der Waals surface area (Å²) in [6.07, 6.45) is 3.80. The van der Waals surface area contributed by atoms with Crippen molar-refractivity contribution in [3.8, 4) is 5.69 Å². The Labute approximate surface area is 139 Å². The van der Waals surface area contributed by atoms with Gasteiger partial charge in [-0.2, -0.15) is 5.10 Å². The van der Waals surface area contributed by atoms with Crippen molar-refractivity contribution in [2.45, 2.75) is 13.3 Å². The highest BCUT2D eigenvalue weighted by Gasteiger charge is 2.09. The maximum Gasteiger partial charge on any atom is 0.228 e. The summed E-state index contributed by atoms with van der Waals surface area (Å²) < 4.78 is 1.75. The molecule has 116 valence electrons. The third kappa shape index (κ3) is 3.79. The van der Waals surface area contributed by atoms with Crippen LogP contribution in [-0.2, 0) is 11.2 Å². The number of hydrogen-bond donors (Lipinski definition) is 1. The van der Waals surface area contributed by atoms with Gasteiger partial charge in [-0.3, -0.25) is 4.79 Å². The number of anilines is 1. The second-order valence-corrected chi connectivity index (χ2v) is 5.74. The number of benzene rings is 2. The van der Waals surface area contributed by atoms with E-state index >= 15 is 0 Å². The molecule has 0 spiro atoms. The van der Waals surface area contributed by atoms with E-state index in [0.29, 0.717) is 10.7 Å². The fourth-order valence-electron chi connectivity index (χ4n) is 2.27. The molecule has 0 aliphatic carbocycles. The van der Waals surface area contributed by atoms with Gasteiger partial charge in [-0.25, -0.2) is 4.68 Å². The van der Waals surface area contributed by atoms with Gasteiger partial charge in [-0.05, 0) is 42.3 Å². The van der Waals surface area contributed by atoms with Crippen molar-refractivity contribution in [1.29, 1.82) is 0 Å². The normalized spacial score (nSPS) is 10.5. The van der Waals surface area contributed by atoms with Gasteiger partial charge in [0.2, 0.25) is 5.91 Å². The van der Waals surface area contributed by atoms with Gasteiger partial charge in [0.25, 0.3) is 0 Å². The predicted octanol–water partition coefficient (Wildman–Crippen LogP) is 4.02. The fraction of sp³-hybridized carbons (Fsp3) is 0.111. The molecule has 0 saturated carbocycles. The molecule has 1 heterocycles. The summed E-state index contributed by atoms with van der Waals surface area (Å²) in [5.74, 6) is -0.122. The summed E-state index contributed by atoms with van der Waals surface area (Å²) in [6, 6.07) is 15.3. The van der Waals surface area contributed by atoms with Crippen LogP contribution in [0.4, 0.5) is 5.69 Å². The van der Waals surface area contributed by atoms with Crippen molar-refractivity contribution in [2.24, 2.45) is 0 Å². The number of halogens is 1. The van der Waals surface area contributed by atoms with Crippen LogP contribution in [-0.4, -0.2) is 15.7 Å². The average molecular weight is 326 g/mol. The number of nitrogens with zero attached hydrogens (tertiary/aromatic N) is 2. The maximum atomic E-state index is 12.2. The SMILES string of the molecule is Cc1ccc(NC(=O)Cc2cnn(-c3ccccc3)c2)c(Cl)c1. The number of para-hydroxylation sites is 1. The Morgan fingerprint density at radius 1 is 1.22 bits per heavy atom. The number of nitrogens with one attached hydrogen (secondary N) is 1. The van der Waals surface area contributed by atoms with Gasteiger partial charge < -0.3 is 5.32 Å². The third-order valence-corrected chi connectivity index (χ3v) is 3.73. The zero-order chi connectivity index (χ0) is 16.2. The predicted molar refractivity (Wildman–Crippen MR) is 92.1 cm³/mol. The maximum absolute atomic E-state index is 12.2. The molecule has 0 radical (unpaired) electrons. The molecule has 23 heavy (non-hydrogen) atoms. The van der Waals surface area contributed by atoms with Gasteiger partial charge in [-0.1, -0.05) is 35.9 Å². The van der Waals surface area contributed by atoms with Gasteiger partial charge >= 0.3 is 0 Å². The van der Waals surface area contributed by atoms with Crippen LogP contribution in [0.2, 0.25) is 5.02 Å². The summed E-state index contributed by atoms with van der Waals surface area (Å²) in [5, 5.41) is 7.65. The lowest BCUT2D eigenvalue weighted by atomic mass is 10.2. The number of rotatable bonds is 4. The lowest BCUT2D eigenvalue weighted by Crippen LogP contribution is -2.14. The molecular weight excluding hydrogens is 310 g/mol. The van der Waals surface area contributed by atoms with E-state index in [1.807, 2.05) is 61.7 Å². The number of aromatic nitrogens is 2. The highest BCUT2D eigenvalue weighted by Crippen LogP contribution is 2.22. The van der Waals surface area contributed by atoms with Crippen LogP contribution in [0, 0.1) is 6.92 Å². The number of hydrogen-bond acceptors (Lipinski definition) is 2. The Hall–Kier alpha value is -2.59. The van der Waals surface area contributed by atoms with Crippen molar-refractivity contribution in [3.05, 3.63) is 77.1 Å². The first-order valence-electron chi connectivity index (χ1n) is 7.27. The Bertz CT molecular complexity index is 827. The lowest BCUT2D eigenvalue weighted by molar-refractivity contribution is -0.115. The van der Waals surface area contributed by atoms with Crippen LogP contribution in [0.3, 0.4) is 0 Å². The molecule has 1 N–H and O–H groups in total. The highest BCUT2D eigenvalue weighted by molar-refractivity contribution is 6.33. The average Bonchev–Trinajstić information content (AvgIpc) is 2.99. The highest BCUT2D eigenvalue weighted by atomic mass is 35.5. The number of carbonyl (C=O) groups excluding carboxylic acids is 1. The summed E-state index contributed by atoms with van der Waals surface area (Å²) in [6.45, 7) is 1.95. The first-order chi connectivity index (χ1) is 11.1. The van der Waals surface area contributed by atoms with Gasteiger partial charge in [0, 0.05) is 6.20 Å². The largest absolute Gasteiger partial charge is 0.324 e. The number of amides is 1. The van der Waals surface area contributed by atoms with Crippen molar-refractivity contribution in [3.63, 3.8) is 0 Å². The Morgan fingerprint density at radius 2 is 2.00 bits per heavy atom. The summed E-state index contributed by atoms with van der Waals surface area (Å²) in [5.41, 5.74) is 3.48. The van der Waals surface area contributed by atoms with E-state index in [1.165, 1.54) is 0 Å². The molecule has 2 aromatic carbocycles. The number of carbonyl (C=O) groups is 1. The fourth-order valence-corrected chi connectivity index (χ4v) is 2.56. The minimum atomic E-state index is -0.122. The van der Waals surface area contributed by atoms with E-state index in [-0.39, 0.29) is 12.3 Å². The molecule has 0 atom stereocenters. The topological polar surface area (TPSA) is 46.9 Å². The van der Waals surface area contributed by atoms with Crippen LogP contribution in [0.1, 0.15) is 11.1 Å². The molecule has 3 rings (SSSR count). The van der Waals surface area contributed by atoms with Crippen LogP contribution in [0.5, 0.6) is 0 Å². The second-order valence-electron chi connectivity index (χ2n) is 5.34. The molecule has 0 saturated heterocycles. The van der Waals surface area contributed by atoms with Crippen molar-refractivity contribution in [1.82, 2.24) is 9.78 Å². The van der Waals surface area contributed by atoms with Gasteiger partial charge in [0.05, 0.1) is 29.0 Å². The van der Waals surface area contributed by atoms with Crippen LogP contribution >= 0.6 is 11.6 Å². The van der Waals surface area contributed by atoms with Crippen LogP contribution < -0.4 is 5.32 Å². The monoisotopic (exact) mass is 325 g/mol. The summed E-state index contributed by atoms with van der Waals surface area (Å²) in [7, 11) is 0.